The first kappa shape index (κ1) is 11.9. The van der Waals surface area contributed by atoms with Gasteiger partial charge in [-0.2, -0.15) is 0 Å². The van der Waals surface area contributed by atoms with Gasteiger partial charge in [0.2, 0.25) is 0 Å². The van der Waals surface area contributed by atoms with E-state index in [-0.39, 0.29) is 6.61 Å². The molecule has 0 heterocycles. The topological polar surface area (TPSA) is 38.7 Å². The van der Waals surface area contributed by atoms with Crippen molar-refractivity contribution in [2.24, 2.45) is 0 Å². The van der Waals surface area contributed by atoms with Crippen molar-refractivity contribution in [2.75, 3.05) is 13.2 Å². The van der Waals surface area contributed by atoms with Crippen LogP contribution in [0.15, 0.2) is 43.0 Å². The van der Waals surface area contributed by atoms with Gasteiger partial charge in [-0.05, 0) is 12.5 Å². The molecular weight excluding hydrogens is 192 g/mol. The molecule has 1 aromatic carbocycles. The van der Waals surface area contributed by atoms with E-state index in [1.54, 1.807) is 13.0 Å². The van der Waals surface area contributed by atoms with Crippen LogP contribution < -0.4 is 0 Å². The van der Waals surface area contributed by atoms with E-state index in [9.17, 15) is 5.11 Å². The second kappa shape index (κ2) is 5.66. The van der Waals surface area contributed by atoms with Gasteiger partial charge in [0.25, 0.3) is 0 Å². The first-order chi connectivity index (χ1) is 7.17. The molecule has 0 amide bonds. The van der Waals surface area contributed by atoms with Gasteiger partial charge in [-0.25, -0.2) is 9.78 Å². The summed E-state index contributed by atoms with van der Waals surface area (Å²) in [5.74, 6) is 0. The smallest absolute Gasteiger partial charge is 0.115 e. The second-order valence-corrected chi connectivity index (χ2v) is 3.48. The molecule has 3 nitrogen and oxygen atoms in total. The van der Waals surface area contributed by atoms with Crippen LogP contribution >= 0.6 is 0 Å². The maximum absolute atomic E-state index is 10.1. The van der Waals surface area contributed by atoms with Crippen LogP contribution in [0, 0.1) is 0 Å². The summed E-state index contributed by atoms with van der Waals surface area (Å²) in [4.78, 5) is 9.63. The summed E-state index contributed by atoms with van der Waals surface area (Å²) in [6.45, 7) is 5.56. The highest BCUT2D eigenvalue weighted by Crippen LogP contribution is 2.20. The monoisotopic (exact) mass is 208 g/mol. The highest BCUT2D eigenvalue weighted by atomic mass is 17.2. The Bertz CT molecular complexity index is 293. The molecule has 0 aliphatic carbocycles. The fourth-order valence-electron chi connectivity index (χ4n) is 1.13. The molecule has 0 aromatic heterocycles. The number of rotatable bonds is 6. The predicted molar refractivity (Wildman–Crippen MR) is 58.1 cm³/mol. The van der Waals surface area contributed by atoms with Crippen molar-refractivity contribution in [3.8, 4) is 0 Å². The standard InChI is InChI=1S/C12H16O3/c1-3-9-14-15-10-12(2,13)11-7-5-4-6-8-11/h3-8,13H,1,9-10H2,2H3. The summed E-state index contributed by atoms with van der Waals surface area (Å²) in [5.41, 5.74) is -0.241. The summed E-state index contributed by atoms with van der Waals surface area (Å²) in [5, 5.41) is 10.1. The first-order valence-electron chi connectivity index (χ1n) is 4.80. The van der Waals surface area contributed by atoms with Crippen LogP contribution in [-0.4, -0.2) is 18.3 Å². The van der Waals surface area contributed by atoms with Crippen LogP contribution in [0.4, 0.5) is 0 Å². The molecule has 1 aromatic rings. The average Bonchev–Trinajstić information content (AvgIpc) is 2.26. The minimum atomic E-state index is -1.04. The zero-order chi connectivity index (χ0) is 11.1. The maximum atomic E-state index is 10.1. The molecule has 0 radical (unpaired) electrons. The molecule has 0 bridgehead atoms. The Balaban J connectivity index is 2.48. The molecule has 1 unspecified atom stereocenters. The van der Waals surface area contributed by atoms with Crippen LogP contribution in [0.2, 0.25) is 0 Å². The molecule has 0 aliphatic rings. The van der Waals surface area contributed by atoms with Crippen LogP contribution in [-0.2, 0) is 15.4 Å². The number of hydrogen-bond acceptors (Lipinski definition) is 3. The lowest BCUT2D eigenvalue weighted by molar-refractivity contribution is -0.309. The Morgan fingerprint density at radius 3 is 2.60 bits per heavy atom. The van der Waals surface area contributed by atoms with Gasteiger partial charge in [-0.1, -0.05) is 36.4 Å². The first-order valence-corrected chi connectivity index (χ1v) is 4.80. The quantitative estimate of drug-likeness (QED) is 0.336. The van der Waals surface area contributed by atoms with E-state index in [1.165, 1.54) is 0 Å². The molecule has 0 aliphatic heterocycles. The molecular formula is C12H16O3. The van der Waals surface area contributed by atoms with Gasteiger partial charge in [-0.3, -0.25) is 0 Å². The lowest BCUT2D eigenvalue weighted by atomic mass is 9.97. The van der Waals surface area contributed by atoms with Crippen molar-refractivity contribution in [3.05, 3.63) is 48.6 Å². The normalized spacial score (nSPS) is 14.5. The van der Waals surface area contributed by atoms with Crippen molar-refractivity contribution < 1.29 is 14.9 Å². The number of hydrogen-bond donors (Lipinski definition) is 1. The molecule has 0 fully saturated rings. The Hall–Kier alpha value is -1.16. The molecule has 0 spiro atoms. The Labute approximate surface area is 89.9 Å². The average molecular weight is 208 g/mol. The third-order valence-electron chi connectivity index (χ3n) is 2.00. The minimum absolute atomic E-state index is 0.0881. The Morgan fingerprint density at radius 2 is 2.00 bits per heavy atom. The number of benzene rings is 1. The third-order valence-corrected chi connectivity index (χ3v) is 2.00. The van der Waals surface area contributed by atoms with Gasteiger partial charge in [0, 0.05) is 0 Å². The van der Waals surface area contributed by atoms with Crippen molar-refractivity contribution >= 4 is 0 Å². The summed E-state index contributed by atoms with van der Waals surface area (Å²) in [7, 11) is 0. The fraction of sp³-hybridized carbons (Fsp3) is 0.333. The second-order valence-electron chi connectivity index (χ2n) is 3.48. The van der Waals surface area contributed by atoms with E-state index in [4.69, 9.17) is 9.78 Å². The van der Waals surface area contributed by atoms with E-state index in [1.807, 2.05) is 30.3 Å². The number of aliphatic hydroxyl groups is 1. The summed E-state index contributed by atoms with van der Waals surface area (Å²) in [6.07, 6.45) is 1.58. The van der Waals surface area contributed by atoms with Crippen molar-refractivity contribution in [1.29, 1.82) is 0 Å². The van der Waals surface area contributed by atoms with Crippen molar-refractivity contribution in [3.63, 3.8) is 0 Å². The van der Waals surface area contributed by atoms with Gasteiger partial charge in [-0.15, -0.1) is 6.58 Å². The lowest BCUT2D eigenvalue weighted by Crippen LogP contribution is -2.27. The largest absolute Gasteiger partial charge is 0.383 e. The Morgan fingerprint density at radius 1 is 1.33 bits per heavy atom. The minimum Gasteiger partial charge on any atom is -0.383 e. The third kappa shape index (κ3) is 3.83. The van der Waals surface area contributed by atoms with E-state index < -0.39 is 5.60 Å². The van der Waals surface area contributed by atoms with Gasteiger partial charge in [0.05, 0.1) is 0 Å². The molecule has 0 saturated carbocycles. The molecule has 0 saturated heterocycles. The van der Waals surface area contributed by atoms with Crippen LogP contribution in [0.1, 0.15) is 12.5 Å². The fourth-order valence-corrected chi connectivity index (χ4v) is 1.13. The highest BCUT2D eigenvalue weighted by molar-refractivity contribution is 5.21. The SMILES string of the molecule is C=CCOOCC(C)(O)c1ccccc1. The molecule has 82 valence electrons. The van der Waals surface area contributed by atoms with Crippen molar-refractivity contribution in [1.82, 2.24) is 0 Å². The van der Waals surface area contributed by atoms with Crippen LogP contribution in [0.25, 0.3) is 0 Å². The molecule has 1 rings (SSSR count). The van der Waals surface area contributed by atoms with E-state index in [0.717, 1.165) is 5.56 Å². The summed E-state index contributed by atoms with van der Waals surface area (Å²) in [6, 6.07) is 9.32. The molecule has 1 N–H and O–H groups in total. The zero-order valence-electron chi connectivity index (χ0n) is 8.85. The van der Waals surface area contributed by atoms with Gasteiger partial charge in [0.1, 0.15) is 18.8 Å². The highest BCUT2D eigenvalue weighted by Gasteiger charge is 2.23. The summed E-state index contributed by atoms with van der Waals surface area (Å²) < 4.78 is 0. The predicted octanol–water partition coefficient (Wildman–Crippen LogP) is 2.03. The molecule has 1 atom stereocenters. The van der Waals surface area contributed by atoms with Crippen LogP contribution in [0.5, 0.6) is 0 Å². The van der Waals surface area contributed by atoms with Gasteiger partial charge in [0.15, 0.2) is 0 Å². The van der Waals surface area contributed by atoms with Gasteiger partial charge < -0.3 is 5.11 Å². The van der Waals surface area contributed by atoms with Crippen LogP contribution in [0.3, 0.4) is 0 Å². The van der Waals surface area contributed by atoms with Gasteiger partial charge >= 0.3 is 0 Å². The molecule has 3 heteroatoms. The van der Waals surface area contributed by atoms with E-state index in [0.29, 0.717) is 6.61 Å². The summed E-state index contributed by atoms with van der Waals surface area (Å²) >= 11 is 0. The lowest BCUT2D eigenvalue weighted by Gasteiger charge is -2.22. The molecule has 15 heavy (non-hydrogen) atoms. The Kier molecular flexibility index (Phi) is 4.49. The zero-order valence-corrected chi connectivity index (χ0v) is 8.85. The van der Waals surface area contributed by atoms with Crippen molar-refractivity contribution in [2.45, 2.75) is 12.5 Å². The van der Waals surface area contributed by atoms with E-state index in [2.05, 4.69) is 6.58 Å². The van der Waals surface area contributed by atoms with E-state index >= 15 is 0 Å². The maximum Gasteiger partial charge on any atom is 0.115 e.